The molecule has 0 atom stereocenters. The zero-order chi connectivity index (χ0) is 28.6. The van der Waals surface area contributed by atoms with Crippen molar-refractivity contribution < 1.29 is 14.3 Å². The van der Waals surface area contributed by atoms with Crippen molar-refractivity contribution in [2.45, 2.75) is 70.8 Å². The van der Waals surface area contributed by atoms with E-state index in [1.807, 2.05) is 68.7 Å². The van der Waals surface area contributed by atoms with Crippen molar-refractivity contribution in [3.63, 3.8) is 0 Å². The molecule has 1 saturated carbocycles. The Bertz CT molecular complexity index is 1580. The molecule has 7 nitrogen and oxygen atoms in total. The number of nitrogens with one attached hydrogen (secondary N) is 1. The highest BCUT2D eigenvalue weighted by molar-refractivity contribution is 7.13. The first-order valence-electron chi connectivity index (χ1n) is 14.5. The van der Waals surface area contributed by atoms with E-state index in [2.05, 4.69) is 16.3 Å². The van der Waals surface area contributed by atoms with Crippen molar-refractivity contribution >= 4 is 45.8 Å². The van der Waals surface area contributed by atoms with Crippen LogP contribution in [0.3, 0.4) is 0 Å². The van der Waals surface area contributed by atoms with E-state index in [0.29, 0.717) is 17.2 Å². The van der Waals surface area contributed by atoms with Crippen LogP contribution in [0.15, 0.2) is 54.0 Å². The minimum Gasteiger partial charge on any atom is -0.444 e. The molecule has 1 N–H and O–H groups in total. The molecule has 1 aliphatic carbocycles. The quantitative estimate of drug-likeness (QED) is 0.227. The zero-order valence-corrected chi connectivity index (χ0v) is 24.7. The fourth-order valence-electron chi connectivity index (χ4n) is 5.42. The Balaban J connectivity index is 1.32. The Morgan fingerprint density at radius 2 is 1.88 bits per heavy atom. The number of carbonyl (C=O) groups excluding carboxylic acids is 2. The fraction of sp³-hybridized carbons (Fsp3) is 0.394. The molecule has 0 radical (unpaired) electrons. The van der Waals surface area contributed by atoms with E-state index in [1.165, 1.54) is 19.3 Å². The van der Waals surface area contributed by atoms with E-state index in [9.17, 15) is 9.59 Å². The average molecular weight is 569 g/mol. The largest absolute Gasteiger partial charge is 0.444 e. The number of benzene rings is 2. The summed E-state index contributed by atoms with van der Waals surface area (Å²) in [5.74, 6) is 1.33. The van der Waals surface area contributed by atoms with Gasteiger partial charge in [0.05, 0.1) is 17.2 Å². The monoisotopic (exact) mass is 568 g/mol. The summed E-state index contributed by atoms with van der Waals surface area (Å²) in [5, 5.41) is 4.89. The number of amides is 1. The van der Waals surface area contributed by atoms with Crippen LogP contribution in [0.25, 0.3) is 21.5 Å². The van der Waals surface area contributed by atoms with Crippen LogP contribution in [0.2, 0.25) is 0 Å². The van der Waals surface area contributed by atoms with E-state index in [-0.39, 0.29) is 12.2 Å². The van der Waals surface area contributed by atoms with E-state index < -0.39 is 11.7 Å². The summed E-state index contributed by atoms with van der Waals surface area (Å²) in [6.45, 7) is 7.50. The van der Waals surface area contributed by atoms with Gasteiger partial charge in [0.2, 0.25) is 0 Å². The molecule has 6 rings (SSSR count). The van der Waals surface area contributed by atoms with Crippen molar-refractivity contribution in [3.05, 3.63) is 70.7 Å². The van der Waals surface area contributed by atoms with Crippen molar-refractivity contribution in [2.75, 3.05) is 23.3 Å². The molecule has 2 aromatic heterocycles. The van der Waals surface area contributed by atoms with Gasteiger partial charge in [-0.3, -0.25) is 15.1 Å². The lowest BCUT2D eigenvalue weighted by Crippen LogP contribution is -2.30. The van der Waals surface area contributed by atoms with Gasteiger partial charge in [-0.05, 0) is 111 Å². The van der Waals surface area contributed by atoms with Crippen LogP contribution in [0.5, 0.6) is 0 Å². The number of thiophene rings is 1. The highest BCUT2D eigenvalue weighted by atomic mass is 32.1. The number of nitrogens with zero attached hydrogens (tertiary/aromatic N) is 3. The highest BCUT2D eigenvalue weighted by Crippen LogP contribution is 2.43. The summed E-state index contributed by atoms with van der Waals surface area (Å²) in [5.41, 5.74) is 5.12. The Labute approximate surface area is 245 Å². The molecule has 41 heavy (non-hydrogen) atoms. The maximum absolute atomic E-state index is 13.8. The second-order valence-electron chi connectivity index (χ2n) is 12.1. The minimum atomic E-state index is -0.629. The van der Waals surface area contributed by atoms with E-state index in [1.54, 1.807) is 11.3 Å². The van der Waals surface area contributed by atoms with E-state index in [4.69, 9.17) is 14.7 Å². The van der Waals surface area contributed by atoms with Gasteiger partial charge in [-0.15, -0.1) is 11.3 Å². The number of hydrogen-bond donors (Lipinski definition) is 1. The normalized spacial score (nSPS) is 15.6. The predicted molar refractivity (Wildman–Crippen MR) is 165 cm³/mol. The van der Waals surface area contributed by atoms with Gasteiger partial charge in [0.15, 0.2) is 5.78 Å². The number of carbonyl (C=O) groups is 2. The molecule has 0 spiro atoms. The topological polar surface area (TPSA) is 84.4 Å². The van der Waals surface area contributed by atoms with Gasteiger partial charge < -0.3 is 9.64 Å². The number of piperidine rings is 1. The molecule has 2 aliphatic rings. The van der Waals surface area contributed by atoms with Gasteiger partial charge in [-0.2, -0.15) is 0 Å². The molecular formula is C33H36N4O3S. The molecule has 1 amide bonds. The van der Waals surface area contributed by atoms with Gasteiger partial charge in [0.25, 0.3) is 0 Å². The standard InChI is InChI=1S/C33H36N4O3S/c1-33(2,3)40-32(39)35-26-12-11-22(29-8-7-15-41-29)16-23(26)19-28(38)24-17-25(21-9-10-21)31-27(18-24)34-20-30(36-31)37-13-5-4-6-14-37/h7-8,11-12,15-18,20-21H,4-6,9-10,13-14,19H2,1-3H3,(H,35,39). The lowest BCUT2D eigenvalue weighted by molar-refractivity contribution is 0.0635. The summed E-state index contributed by atoms with van der Waals surface area (Å²) >= 11 is 1.64. The first-order valence-corrected chi connectivity index (χ1v) is 15.4. The average Bonchev–Trinajstić information content (AvgIpc) is 3.65. The van der Waals surface area contributed by atoms with E-state index >= 15 is 0 Å². The maximum Gasteiger partial charge on any atom is 0.412 e. The van der Waals surface area contributed by atoms with Gasteiger partial charge in [0.1, 0.15) is 11.4 Å². The molecule has 8 heteroatoms. The maximum atomic E-state index is 13.8. The van der Waals surface area contributed by atoms with E-state index in [0.717, 1.165) is 64.3 Å². The highest BCUT2D eigenvalue weighted by Gasteiger charge is 2.28. The summed E-state index contributed by atoms with van der Waals surface area (Å²) in [6.07, 6.45) is 7.29. The van der Waals surface area contributed by atoms with Crippen LogP contribution in [-0.4, -0.2) is 40.5 Å². The van der Waals surface area contributed by atoms with Crippen LogP contribution >= 0.6 is 11.3 Å². The first kappa shape index (κ1) is 27.4. The lowest BCUT2D eigenvalue weighted by atomic mass is 9.96. The number of aromatic nitrogens is 2. The molecule has 1 aliphatic heterocycles. The number of fused-ring (bicyclic) bond motifs is 1. The minimum absolute atomic E-state index is 0.0220. The van der Waals surface area contributed by atoms with Crippen LogP contribution in [0.4, 0.5) is 16.3 Å². The summed E-state index contributed by atoms with van der Waals surface area (Å²) in [4.78, 5) is 39.7. The van der Waals surface area contributed by atoms with Gasteiger partial charge >= 0.3 is 6.09 Å². The predicted octanol–water partition coefficient (Wildman–Crippen LogP) is 8.00. The molecule has 2 aromatic carbocycles. The van der Waals surface area contributed by atoms with Crippen LogP contribution in [0.1, 0.15) is 80.3 Å². The SMILES string of the molecule is CC(C)(C)OC(=O)Nc1ccc(-c2cccs2)cc1CC(=O)c1cc(C2CC2)c2nc(N3CCCCC3)cnc2c1. The van der Waals surface area contributed by atoms with Crippen molar-refractivity contribution in [3.8, 4) is 10.4 Å². The van der Waals surface area contributed by atoms with Crippen LogP contribution in [0, 0.1) is 0 Å². The fourth-order valence-corrected chi connectivity index (χ4v) is 6.14. The number of anilines is 2. The van der Waals surface area contributed by atoms with Gasteiger partial charge in [0, 0.05) is 35.6 Å². The molecule has 0 bridgehead atoms. The lowest BCUT2D eigenvalue weighted by Gasteiger charge is -2.27. The van der Waals surface area contributed by atoms with Gasteiger partial charge in [-0.1, -0.05) is 12.1 Å². The molecule has 3 heterocycles. The smallest absolute Gasteiger partial charge is 0.412 e. The third-order valence-electron chi connectivity index (χ3n) is 7.58. The summed E-state index contributed by atoms with van der Waals surface area (Å²) in [6, 6.07) is 13.8. The summed E-state index contributed by atoms with van der Waals surface area (Å²) < 4.78 is 5.49. The second-order valence-corrected chi connectivity index (χ2v) is 13.0. The second kappa shape index (κ2) is 11.2. The van der Waals surface area contributed by atoms with Crippen LogP contribution in [-0.2, 0) is 11.2 Å². The number of ether oxygens (including phenoxy) is 1. The third kappa shape index (κ3) is 6.43. The number of rotatable bonds is 7. The molecular weight excluding hydrogens is 532 g/mol. The Morgan fingerprint density at radius 3 is 2.59 bits per heavy atom. The first-order chi connectivity index (χ1) is 19.7. The Morgan fingerprint density at radius 1 is 1.07 bits per heavy atom. The Hall–Kier alpha value is -3.78. The van der Waals surface area contributed by atoms with Crippen molar-refractivity contribution in [1.82, 2.24) is 9.97 Å². The van der Waals surface area contributed by atoms with Crippen molar-refractivity contribution in [2.24, 2.45) is 0 Å². The number of Topliss-reactive ketones (excluding diaryl/α,β-unsaturated/α-hetero) is 1. The Kier molecular flexibility index (Phi) is 7.51. The number of hydrogen-bond acceptors (Lipinski definition) is 7. The molecule has 2 fully saturated rings. The molecule has 4 aromatic rings. The summed E-state index contributed by atoms with van der Waals surface area (Å²) in [7, 11) is 0. The molecule has 212 valence electrons. The van der Waals surface area contributed by atoms with Crippen molar-refractivity contribution in [1.29, 1.82) is 0 Å². The van der Waals surface area contributed by atoms with Gasteiger partial charge in [-0.25, -0.2) is 9.78 Å². The third-order valence-corrected chi connectivity index (χ3v) is 8.50. The van der Waals surface area contributed by atoms with Crippen LogP contribution < -0.4 is 10.2 Å². The molecule has 0 unspecified atom stereocenters. The zero-order valence-electron chi connectivity index (χ0n) is 23.9. The number of ketones is 1. The molecule has 1 saturated heterocycles.